The van der Waals surface area contributed by atoms with Crippen LogP contribution < -0.4 is 5.32 Å². The molecule has 0 aliphatic carbocycles. The maximum atomic E-state index is 11.7. The lowest BCUT2D eigenvalue weighted by molar-refractivity contribution is -0.117. The second kappa shape index (κ2) is 5.19. The molecule has 3 nitrogen and oxygen atoms in total. The molecule has 90 valence electrons. The normalized spacial score (nSPS) is 11.8. The Morgan fingerprint density at radius 2 is 1.94 bits per heavy atom. The lowest BCUT2D eigenvalue weighted by atomic mass is 10.1. The number of carbonyl (C=O) groups is 1. The van der Waals surface area contributed by atoms with Crippen LogP contribution in [0.25, 0.3) is 10.8 Å². The number of hydrogen-bond donors (Lipinski definition) is 1. The minimum atomic E-state index is -0.660. The fraction of sp³-hybridized carbons (Fsp3) is 0.143. The predicted molar refractivity (Wildman–Crippen MR) is 75.1 cm³/mol. The molecule has 0 radical (unpaired) electrons. The van der Waals surface area contributed by atoms with Crippen LogP contribution in [0.15, 0.2) is 40.9 Å². The Bertz CT molecular complexity index is 646. The molecule has 0 bridgehead atoms. The molecule has 0 spiro atoms. The Kier molecular flexibility index (Phi) is 3.63. The first kappa shape index (κ1) is 12.6. The second-order valence-electron chi connectivity index (χ2n) is 3.98. The van der Waals surface area contributed by atoms with Crippen LogP contribution in [0.3, 0.4) is 0 Å². The van der Waals surface area contributed by atoms with E-state index >= 15 is 0 Å². The minimum absolute atomic E-state index is 0.287. The Morgan fingerprint density at radius 1 is 1.28 bits per heavy atom. The van der Waals surface area contributed by atoms with Crippen LogP contribution in [-0.4, -0.2) is 5.91 Å². The number of amides is 1. The van der Waals surface area contributed by atoms with Gasteiger partial charge < -0.3 is 5.32 Å². The number of hydrogen-bond acceptors (Lipinski definition) is 2. The Hall–Kier alpha value is -1.86. The molecule has 18 heavy (non-hydrogen) atoms. The summed E-state index contributed by atoms with van der Waals surface area (Å²) in [6.45, 7) is 1.58. The van der Waals surface area contributed by atoms with E-state index in [0.29, 0.717) is 0 Å². The molecule has 0 saturated carbocycles. The van der Waals surface area contributed by atoms with Crippen LogP contribution in [0.2, 0.25) is 0 Å². The van der Waals surface area contributed by atoms with Crippen LogP contribution in [0.5, 0.6) is 0 Å². The van der Waals surface area contributed by atoms with Gasteiger partial charge in [0.05, 0.1) is 6.07 Å². The quantitative estimate of drug-likeness (QED) is 0.919. The van der Waals surface area contributed by atoms with Gasteiger partial charge in [-0.1, -0.05) is 40.2 Å². The molecule has 0 saturated heterocycles. The predicted octanol–water partition coefficient (Wildman–Crippen LogP) is 3.70. The van der Waals surface area contributed by atoms with Gasteiger partial charge in [-0.25, -0.2) is 0 Å². The summed E-state index contributed by atoms with van der Waals surface area (Å²) in [5.41, 5.74) is 0.723. The summed E-state index contributed by atoms with van der Waals surface area (Å²) in [7, 11) is 0. The summed E-state index contributed by atoms with van der Waals surface area (Å²) in [6.07, 6.45) is 0. The maximum Gasteiger partial charge on any atom is 0.241 e. The van der Waals surface area contributed by atoms with E-state index in [1.807, 2.05) is 42.5 Å². The summed E-state index contributed by atoms with van der Waals surface area (Å²) < 4.78 is 0.976. The highest BCUT2D eigenvalue weighted by atomic mass is 79.9. The van der Waals surface area contributed by atoms with Crippen LogP contribution in [0.1, 0.15) is 6.92 Å². The summed E-state index contributed by atoms with van der Waals surface area (Å²) in [5.74, 6) is -0.947. The average molecular weight is 303 g/mol. The van der Waals surface area contributed by atoms with E-state index in [1.54, 1.807) is 6.92 Å². The first-order valence-electron chi connectivity index (χ1n) is 5.51. The average Bonchev–Trinajstić information content (AvgIpc) is 2.41. The fourth-order valence-electron chi connectivity index (χ4n) is 1.67. The van der Waals surface area contributed by atoms with Gasteiger partial charge in [0, 0.05) is 15.5 Å². The second-order valence-corrected chi connectivity index (χ2v) is 4.83. The molecule has 2 rings (SSSR count). The monoisotopic (exact) mass is 302 g/mol. The van der Waals surface area contributed by atoms with Gasteiger partial charge in [0.2, 0.25) is 5.91 Å². The van der Waals surface area contributed by atoms with Crippen molar-refractivity contribution in [3.63, 3.8) is 0 Å². The number of anilines is 1. The summed E-state index contributed by atoms with van der Waals surface area (Å²) in [4.78, 5) is 11.7. The molecule has 1 unspecified atom stereocenters. The topological polar surface area (TPSA) is 52.9 Å². The number of fused-ring (bicyclic) bond motifs is 1. The van der Waals surface area contributed by atoms with E-state index < -0.39 is 5.92 Å². The van der Waals surface area contributed by atoms with Gasteiger partial charge in [0.15, 0.2) is 0 Å². The molecule has 2 aromatic carbocycles. The van der Waals surface area contributed by atoms with Crippen molar-refractivity contribution in [1.82, 2.24) is 0 Å². The number of rotatable bonds is 2. The zero-order valence-electron chi connectivity index (χ0n) is 9.77. The molecule has 0 aliphatic heterocycles. The van der Waals surface area contributed by atoms with Gasteiger partial charge in [0.25, 0.3) is 0 Å². The van der Waals surface area contributed by atoms with Crippen LogP contribution in [-0.2, 0) is 4.79 Å². The van der Waals surface area contributed by atoms with Crippen LogP contribution >= 0.6 is 15.9 Å². The van der Waals surface area contributed by atoms with Crippen molar-refractivity contribution in [2.75, 3.05) is 5.32 Å². The first-order chi connectivity index (χ1) is 8.63. The summed E-state index contributed by atoms with van der Waals surface area (Å²) in [6, 6.07) is 13.4. The molecular formula is C14H11BrN2O. The van der Waals surface area contributed by atoms with Gasteiger partial charge in [-0.05, 0) is 24.4 Å². The Morgan fingerprint density at radius 3 is 2.61 bits per heavy atom. The molecule has 0 fully saturated rings. The number of carbonyl (C=O) groups excluding carboxylic acids is 1. The molecule has 1 atom stereocenters. The molecule has 0 aliphatic rings. The third-order valence-corrected chi connectivity index (χ3v) is 3.41. The smallest absolute Gasteiger partial charge is 0.241 e. The van der Waals surface area contributed by atoms with E-state index in [9.17, 15) is 4.79 Å². The summed E-state index contributed by atoms with van der Waals surface area (Å²) >= 11 is 3.47. The van der Waals surface area contributed by atoms with Gasteiger partial charge in [0.1, 0.15) is 5.92 Å². The van der Waals surface area contributed by atoms with E-state index in [-0.39, 0.29) is 5.91 Å². The SMILES string of the molecule is CC(C#N)C(=O)Nc1ccc(Br)c2ccccc12. The largest absolute Gasteiger partial charge is 0.324 e. The maximum absolute atomic E-state index is 11.7. The molecule has 1 amide bonds. The van der Waals surface area contributed by atoms with Crippen molar-refractivity contribution in [1.29, 1.82) is 5.26 Å². The number of nitrogens with zero attached hydrogens (tertiary/aromatic N) is 1. The lowest BCUT2D eigenvalue weighted by Crippen LogP contribution is -2.19. The molecule has 4 heteroatoms. The van der Waals surface area contributed by atoms with Crippen molar-refractivity contribution >= 4 is 38.3 Å². The minimum Gasteiger partial charge on any atom is -0.324 e. The zero-order valence-corrected chi connectivity index (χ0v) is 11.4. The number of benzene rings is 2. The molecule has 0 aromatic heterocycles. The molecule has 1 N–H and O–H groups in total. The molecule has 2 aromatic rings. The van der Waals surface area contributed by atoms with Crippen LogP contribution in [0.4, 0.5) is 5.69 Å². The van der Waals surface area contributed by atoms with Gasteiger partial charge in [-0.15, -0.1) is 0 Å². The third-order valence-electron chi connectivity index (χ3n) is 2.72. The van der Waals surface area contributed by atoms with Gasteiger partial charge >= 0.3 is 0 Å². The third kappa shape index (κ3) is 2.36. The first-order valence-corrected chi connectivity index (χ1v) is 6.30. The van der Waals surface area contributed by atoms with Crippen molar-refractivity contribution in [3.05, 3.63) is 40.9 Å². The highest BCUT2D eigenvalue weighted by Gasteiger charge is 2.13. The molecule has 0 heterocycles. The lowest BCUT2D eigenvalue weighted by Gasteiger charge is -2.10. The summed E-state index contributed by atoms with van der Waals surface area (Å²) in [5, 5.41) is 13.5. The van der Waals surface area contributed by atoms with Crippen LogP contribution in [0, 0.1) is 17.2 Å². The zero-order chi connectivity index (χ0) is 13.1. The van der Waals surface area contributed by atoms with Gasteiger partial charge in [-0.3, -0.25) is 4.79 Å². The number of nitrogens with one attached hydrogen (secondary N) is 1. The molecular weight excluding hydrogens is 292 g/mol. The van der Waals surface area contributed by atoms with Gasteiger partial charge in [-0.2, -0.15) is 5.26 Å². The number of halogens is 1. The van der Waals surface area contributed by atoms with Crippen molar-refractivity contribution in [2.45, 2.75) is 6.92 Å². The highest BCUT2D eigenvalue weighted by Crippen LogP contribution is 2.30. The number of nitriles is 1. The van der Waals surface area contributed by atoms with E-state index in [0.717, 1.165) is 20.9 Å². The van der Waals surface area contributed by atoms with E-state index in [4.69, 9.17) is 5.26 Å². The fourth-order valence-corrected chi connectivity index (χ4v) is 2.15. The van der Waals surface area contributed by atoms with E-state index in [1.165, 1.54) is 0 Å². The highest BCUT2D eigenvalue weighted by molar-refractivity contribution is 9.10. The Labute approximate surface area is 114 Å². The van der Waals surface area contributed by atoms with Crippen molar-refractivity contribution in [3.8, 4) is 6.07 Å². The van der Waals surface area contributed by atoms with E-state index in [2.05, 4.69) is 21.2 Å². The standard InChI is InChI=1S/C14H11BrN2O/c1-9(8-16)14(18)17-13-7-6-12(15)10-4-2-3-5-11(10)13/h2-7,9H,1H3,(H,17,18). The van der Waals surface area contributed by atoms with Crippen molar-refractivity contribution < 1.29 is 4.79 Å². The Balaban J connectivity index is 2.44. The van der Waals surface area contributed by atoms with Crippen molar-refractivity contribution in [2.24, 2.45) is 5.92 Å².